The van der Waals surface area contributed by atoms with E-state index in [1.807, 2.05) is 6.07 Å². The number of rotatable bonds is 4. The molecule has 0 aliphatic rings. The summed E-state index contributed by atoms with van der Waals surface area (Å²) in [7, 11) is 0. The zero-order chi connectivity index (χ0) is 12.0. The van der Waals surface area contributed by atoms with E-state index in [0.29, 0.717) is 5.69 Å². The molecule has 0 heterocycles. The van der Waals surface area contributed by atoms with Gasteiger partial charge >= 0.3 is 6.03 Å². The van der Waals surface area contributed by atoms with Crippen molar-refractivity contribution in [3.05, 3.63) is 42.6 Å². The number of hydrogen-bond acceptors (Lipinski definition) is 3. The zero-order valence-corrected chi connectivity index (χ0v) is 8.91. The molecule has 0 atom stereocenters. The molecule has 0 saturated heterocycles. The van der Waals surface area contributed by atoms with E-state index in [1.54, 1.807) is 24.3 Å². The highest BCUT2D eigenvalue weighted by Crippen LogP contribution is 2.03. The molecule has 5 nitrogen and oxygen atoms in total. The summed E-state index contributed by atoms with van der Waals surface area (Å²) < 4.78 is 0. The average Bonchev–Trinajstić information content (AvgIpc) is 2.27. The lowest BCUT2D eigenvalue weighted by atomic mass is 10.3. The Morgan fingerprint density at radius 2 is 1.75 bits per heavy atom. The molecular formula is C11H13N3O2. The number of para-hydroxylation sites is 1. The fourth-order valence-electron chi connectivity index (χ4n) is 0.904. The number of anilines is 1. The van der Waals surface area contributed by atoms with Gasteiger partial charge in [-0.1, -0.05) is 24.8 Å². The number of allylic oxidation sites excluding steroid dienone is 1. The Morgan fingerprint density at radius 3 is 2.31 bits per heavy atom. The third kappa shape index (κ3) is 3.83. The molecular weight excluding hydrogens is 206 g/mol. The Kier molecular flexibility index (Phi) is 4.08. The van der Waals surface area contributed by atoms with E-state index in [2.05, 4.69) is 22.7 Å². The number of Topliss-reactive ketones (excluding diaryl/α,β-unsaturated/α-hetero) is 1. The van der Waals surface area contributed by atoms with Crippen LogP contribution in [0, 0.1) is 0 Å². The number of nitrogens with one attached hydrogen (secondary N) is 3. The molecule has 0 spiro atoms. The first-order valence-electron chi connectivity index (χ1n) is 4.67. The SMILES string of the molecule is C=C(NNC(=O)Nc1ccccc1)C(C)=O. The van der Waals surface area contributed by atoms with Crippen molar-refractivity contribution in [3.8, 4) is 0 Å². The van der Waals surface area contributed by atoms with Gasteiger partial charge in [0.1, 0.15) is 0 Å². The maximum Gasteiger partial charge on any atom is 0.337 e. The van der Waals surface area contributed by atoms with E-state index in [1.165, 1.54) is 6.92 Å². The largest absolute Gasteiger partial charge is 0.337 e. The summed E-state index contributed by atoms with van der Waals surface area (Å²) in [6.45, 7) is 4.78. The van der Waals surface area contributed by atoms with E-state index in [9.17, 15) is 9.59 Å². The Hall–Kier alpha value is -2.30. The van der Waals surface area contributed by atoms with Crippen molar-refractivity contribution in [1.29, 1.82) is 0 Å². The highest BCUT2D eigenvalue weighted by atomic mass is 16.2. The van der Waals surface area contributed by atoms with Crippen LogP contribution in [-0.2, 0) is 4.79 Å². The van der Waals surface area contributed by atoms with Gasteiger partial charge in [-0.05, 0) is 12.1 Å². The molecule has 1 aromatic carbocycles. The summed E-state index contributed by atoms with van der Waals surface area (Å²) in [5.74, 6) is -0.236. The van der Waals surface area contributed by atoms with E-state index in [0.717, 1.165) is 0 Å². The van der Waals surface area contributed by atoms with Gasteiger partial charge in [-0.3, -0.25) is 15.6 Å². The maximum absolute atomic E-state index is 11.3. The van der Waals surface area contributed by atoms with Gasteiger partial charge in [-0.15, -0.1) is 0 Å². The predicted octanol–water partition coefficient (Wildman–Crippen LogP) is 1.42. The van der Waals surface area contributed by atoms with Crippen LogP contribution in [0.4, 0.5) is 10.5 Å². The lowest BCUT2D eigenvalue weighted by molar-refractivity contribution is -0.114. The lowest BCUT2D eigenvalue weighted by Gasteiger charge is -2.09. The maximum atomic E-state index is 11.3. The van der Waals surface area contributed by atoms with Crippen molar-refractivity contribution in [2.24, 2.45) is 0 Å². The molecule has 0 unspecified atom stereocenters. The number of ketones is 1. The molecule has 84 valence electrons. The Balaban J connectivity index is 2.37. The molecule has 1 aromatic rings. The van der Waals surface area contributed by atoms with Crippen LogP contribution in [0.2, 0.25) is 0 Å². The van der Waals surface area contributed by atoms with Crippen molar-refractivity contribution in [1.82, 2.24) is 10.9 Å². The number of hydrazine groups is 1. The van der Waals surface area contributed by atoms with E-state index in [-0.39, 0.29) is 11.5 Å². The predicted molar refractivity (Wildman–Crippen MR) is 61.6 cm³/mol. The minimum atomic E-state index is -0.464. The highest BCUT2D eigenvalue weighted by molar-refractivity contribution is 5.93. The molecule has 0 radical (unpaired) electrons. The summed E-state index contributed by atoms with van der Waals surface area (Å²) in [5, 5.41) is 2.57. The molecule has 0 aliphatic heterocycles. The smallest absolute Gasteiger partial charge is 0.307 e. The second-order valence-electron chi connectivity index (χ2n) is 3.10. The van der Waals surface area contributed by atoms with Crippen molar-refractivity contribution < 1.29 is 9.59 Å². The summed E-state index contributed by atoms with van der Waals surface area (Å²) in [6, 6.07) is 8.49. The van der Waals surface area contributed by atoms with Crippen LogP contribution in [0.15, 0.2) is 42.6 Å². The number of benzene rings is 1. The molecule has 3 N–H and O–H groups in total. The summed E-state index contributed by atoms with van der Waals surface area (Å²) in [4.78, 5) is 22.1. The molecule has 0 aromatic heterocycles. The van der Waals surface area contributed by atoms with Gasteiger partial charge in [-0.25, -0.2) is 4.79 Å². The standard InChI is InChI=1S/C11H13N3O2/c1-8(9(2)15)13-14-11(16)12-10-6-4-3-5-7-10/h3-7,13H,1H2,2H3,(H2,12,14,16). The Labute approximate surface area is 93.5 Å². The zero-order valence-electron chi connectivity index (χ0n) is 8.91. The van der Waals surface area contributed by atoms with Crippen LogP contribution in [0.25, 0.3) is 0 Å². The van der Waals surface area contributed by atoms with Gasteiger partial charge in [0.2, 0.25) is 0 Å². The van der Waals surface area contributed by atoms with Crippen molar-refractivity contribution in [2.45, 2.75) is 6.92 Å². The number of hydrogen-bond donors (Lipinski definition) is 3. The third-order valence-electron chi connectivity index (χ3n) is 1.78. The summed E-state index contributed by atoms with van der Waals surface area (Å²) in [5.41, 5.74) is 5.48. The summed E-state index contributed by atoms with van der Waals surface area (Å²) >= 11 is 0. The van der Waals surface area contributed by atoms with Crippen molar-refractivity contribution in [3.63, 3.8) is 0 Å². The minimum absolute atomic E-state index is 0.128. The van der Waals surface area contributed by atoms with Gasteiger partial charge in [0.15, 0.2) is 5.78 Å². The number of urea groups is 1. The number of carbonyl (C=O) groups excluding carboxylic acids is 2. The fourth-order valence-corrected chi connectivity index (χ4v) is 0.904. The topological polar surface area (TPSA) is 70.2 Å². The lowest BCUT2D eigenvalue weighted by Crippen LogP contribution is -2.40. The van der Waals surface area contributed by atoms with Crippen LogP contribution < -0.4 is 16.2 Å². The second kappa shape index (κ2) is 5.55. The van der Waals surface area contributed by atoms with Crippen LogP contribution in [-0.4, -0.2) is 11.8 Å². The van der Waals surface area contributed by atoms with E-state index in [4.69, 9.17) is 0 Å². The highest BCUT2D eigenvalue weighted by Gasteiger charge is 2.02. The molecule has 0 saturated carbocycles. The van der Waals surface area contributed by atoms with Gasteiger partial charge < -0.3 is 5.32 Å². The van der Waals surface area contributed by atoms with Gasteiger partial charge in [0.25, 0.3) is 0 Å². The molecule has 5 heteroatoms. The van der Waals surface area contributed by atoms with Crippen molar-refractivity contribution >= 4 is 17.5 Å². The first-order chi connectivity index (χ1) is 7.59. The van der Waals surface area contributed by atoms with Crippen molar-refractivity contribution in [2.75, 3.05) is 5.32 Å². The number of amides is 2. The normalized spacial score (nSPS) is 9.06. The van der Waals surface area contributed by atoms with E-state index >= 15 is 0 Å². The van der Waals surface area contributed by atoms with Crippen LogP contribution in [0.3, 0.4) is 0 Å². The van der Waals surface area contributed by atoms with Crippen LogP contribution in [0.5, 0.6) is 0 Å². The molecule has 0 fully saturated rings. The molecule has 0 bridgehead atoms. The number of carbonyl (C=O) groups is 2. The first-order valence-corrected chi connectivity index (χ1v) is 4.67. The fraction of sp³-hybridized carbons (Fsp3) is 0.0909. The molecule has 16 heavy (non-hydrogen) atoms. The molecule has 0 aliphatic carbocycles. The molecule has 1 rings (SSSR count). The quantitative estimate of drug-likeness (QED) is 0.529. The van der Waals surface area contributed by atoms with E-state index < -0.39 is 6.03 Å². The van der Waals surface area contributed by atoms with Gasteiger partial charge in [0, 0.05) is 12.6 Å². The summed E-state index contributed by atoms with van der Waals surface area (Å²) in [6.07, 6.45) is 0. The Bertz CT molecular complexity index is 401. The average molecular weight is 219 g/mol. The Morgan fingerprint density at radius 1 is 1.12 bits per heavy atom. The second-order valence-corrected chi connectivity index (χ2v) is 3.10. The first kappa shape index (κ1) is 11.8. The van der Waals surface area contributed by atoms with Gasteiger partial charge in [0.05, 0.1) is 5.70 Å². The third-order valence-corrected chi connectivity index (χ3v) is 1.78. The van der Waals surface area contributed by atoms with Gasteiger partial charge in [-0.2, -0.15) is 0 Å². The van der Waals surface area contributed by atoms with Crippen LogP contribution >= 0.6 is 0 Å². The van der Waals surface area contributed by atoms with Crippen LogP contribution in [0.1, 0.15) is 6.92 Å². The monoisotopic (exact) mass is 219 g/mol. The molecule has 2 amide bonds. The minimum Gasteiger partial charge on any atom is -0.307 e.